The van der Waals surface area contributed by atoms with Gasteiger partial charge in [-0.3, -0.25) is 4.79 Å². The van der Waals surface area contributed by atoms with Gasteiger partial charge in [-0.1, -0.05) is 0 Å². The fourth-order valence-corrected chi connectivity index (χ4v) is 2.65. The molecule has 1 atom stereocenters. The van der Waals surface area contributed by atoms with Crippen LogP contribution in [0, 0.1) is 0 Å². The van der Waals surface area contributed by atoms with Gasteiger partial charge in [0.05, 0.1) is 17.0 Å². The molecule has 116 valence electrons. The molecule has 3 N–H and O–H groups in total. The molecule has 0 bridgehead atoms. The molecule has 21 heavy (non-hydrogen) atoms. The lowest BCUT2D eigenvalue weighted by Crippen LogP contribution is -2.40. The first-order valence-corrected chi connectivity index (χ1v) is 7.30. The number of rotatable bonds is 3. The van der Waals surface area contributed by atoms with Gasteiger partial charge in [0.2, 0.25) is 0 Å². The third kappa shape index (κ3) is 3.88. The molecule has 0 radical (unpaired) electrons. The van der Waals surface area contributed by atoms with E-state index < -0.39 is 0 Å². The Bertz CT molecular complexity index is 526. The molecule has 1 saturated heterocycles. The highest BCUT2D eigenvalue weighted by Gasteiger charge is 2.29. The molecule has 5 heteroatoms. The number of carbonyl (C=O) groups is 1. The molecule has 1 aliphatic heterocycles. The summed E-state index contributed by atoms with van der Waals surface area (Å²) in [5, 5.41) is 3.46. The van der Waals surface area contributed by atoms with Gasteiger partial charge in [-0.05, 0) is 44.9 Å². The van der Waals surface area contributed by atoms with Gasteiger partial charge in [-0.15, -0.1) is 0 Å². The van der Waals surface area contributed by atoms with Gasteiger partial charge in [-0.25, -0.2) is 0 Å². The number of carbonyl (C=O) groups excluding carboxylic acids is 1. The molecule has 1 heterocycles. The van der Waals surface area contributed by atoms with Crippen molar-refractivity contribution < 1.29 is 9.53 Å². The Labute approximate surface area is 126 Å². The second kappa shape index (κ2) is 5.93. The maximum absolute atomic E-state index is 12.0. The molecule has 1 unspecified atom stereocenters. The summed E-state index contributed by atoms with van der Waals surface area (Å²) >= 11 is 0. The molecule has 1 aromatic carbocycles. The molecular formula is C16H25N3O2. The standard InChI is InChI=1S/C16H25N3O2/c1-16(2)10-12(7-8-21-16)18-14-9-11(5-6-13(14)17)15(20)19(3)4/h5-6,9,12,18H,7-8,10,17H2,1-4H3. The number of nitrogen functional groups attached to an aromatic ring is 1. The topological polar surface area (TPSA) is 67.6 Å². The van der Waals surface area contributed by atoms with E-state index in [1.807, 2.05) is 6.07 Å². The first-order chi connectivity index (χ1) is 9.78. The summed E-state index contributed by atoms with van der Waals surface area (Å²) in [6, 6.07) is 5.68. The van der Waals surface area contributed by atoms with Crippen molar-refractivity contribution in [1.29, 1.82) is 0 Å². The second-order valence-electron chi connectivity index (χ2n) is 6.44. The zero-order valence-electron chi connectivity index (χ0n) is 13.3. The van der Waals surface area contributed by atoms with Gasteiger partial charge in [0.25, 0.3) is 5.91 Å². The number of amides is 1. The first kappa shape index (κ1) is 15.6. The Balaban J connectivity index is 2.16. The Morgan fingerprint density at radius 2 is 2.14 bits per heavy atom. The Morgan fingerprint density at radius 1 is 1.43 bits per heavy atom. The van der Waals surface area contributed by atoms with Crippen molar-refractivity contribution in [3.63, 3.8) is 0 Å². The second-order valence-corrected chi connectivity index (χ2v) is 6.44. The number of nitrogens with zero attached hydrogens (tertiary/aromatic N) is 1. The number of anilines is 2. The summed E-state index contributed by atoms with van der Waals surface area (Å²) in [4.78, 5) is 13.6. The van der Waals surface area contributed by atoms with E-state index in [2.05, 4.69) is 19.2 Å². The van der Waals surface area contributed by atoms with Gasteiger partial charge < -0.3 is 20.7 Å². The van der Waals surface area contributed by atoms with Crippen LogP contribution < -0.4 is 11.1 Å². The van der Waals surface area contributed by atoms with E-state index in [-0.39, 0.29) is 11.5 Å². The lowest BCUT2D eigenvalue weighted by Gasteiger charge is -2.36. The lowest BCUT2D eigenvalue weighted by atomic mass is 9.93. The fourth-order valence-electron chi connectivity index (χ4n) is 2.65. The van der Waals surface area contributed by atoms with Crippen molar-refractivity contribution in [3.8, 4) is 0 Å². The summed E-state index contributed by atoms with van der Waals surface area (Å²) in [6.45, 7) is 4.92. The van der Waals surface area contributed by atoms with Crippen molar-refractivity contribution >= 4 is 17.3 Å². The van der Waals surface area contributed by atoms with E-state index in [1.54, 1.807) is 31.1 Å². The highest BCUT2D eigenvalue weighted by Crippen LogP contribution is 2.29. The van der Waals surface area contributed by atoms with E-state index >= 15 is 0 Å². The van der Waals surface area contributed by atoms with Crippen molar-refractivity contribution in [3.05, 3.63) is 23.8 Å². The van der Waals surface area contributed by atoms with Gasteiger partial charge in [0, 0.05) is 32.3 Å². The molecule has 1 fully saturated rings. The van der Waals surface area contributed by atoms with Crippen LogP contribution >= 0.6 is 0 Å². The number of nitrogens with two attached hydrogens (primary N) is 1. The lowest BCUT2D eigenvalue weighted by molar-refractivity contribution is -0.0553. The van der Waals surface area contributed by atoms with E-state index in [9.17, 15) is 4.79 Å². The number of nitrogens with one attached hydrogen (secondary N) is 1. The molecule has 0 aliphatic carbocycles. The predicted molar refractivity (Wildman–Crippen MR) is 85.5 cm³/mol. The molecule has 1 aromatic rings. The molecule has 0 spiro atoms. The van der Waals surface area contributed by atoms with Gasteiger partial charge >= 0.3 is 0 Å². The minimum atomic E-state index is -0.123. The van der Waals surface area contributed by atoms with Crippen LogP contribution in [-0.4, -0.2) is 43.2 Å². The van der Waals surface area contributed by atoms with Crippen LogP contribution in [0.4, 0.5) is 11.4 Å². The van der Waals surface area contributed by atoms with Crippen LogP contribution in [0.15, 0.2) is 18.2 Å². The zero-order valence-corrected chi connectivity index (χ0v) is 13.3. The van der Waals surface area contributed by atoms with Gasteiger partial charge in [-0.2, -0.15) is 0 Å². The van der Waals surface area contributed by atoms with E-state index in [0.717, 1.165) is 25.1 Å². The molecular weight excluding hydrogens is 266 g/mol. The number of hydrogen-bond acceptors (Lipinski definition) is 4. The third-order valence-corrected chi connectivity index (χ3v) is 3.76. The van der Waals surface area contributed by atoms with Crippen LogP contribution in [0.25, 0.3) is 0 Å². The maximum atomic E-state index is 12.0. The minimum absolute atomic E-state index is 0.0228. The number of benzene rings is 1. The average Bonchev–Trinajstić information content (AvgIpc) is 2.39. The molecule has 0 saturated carbocycles. The first-order valence-electron chi connectivity index (χ1n) is 7.30. The highest BCUT2D eigenvalue weighted by atomic mass is 16.5. The molecule has 5 nitrogen and oxygen atoms in total. The average molecular weight is 291 g/mol. The van der Waals surface area contributed by atoms with Crippen LogP contribution in [0.1, 0.15) is 37.0 Å². The monoisotopic (exact) mass is 291 g/mol. The smallest absolute Gasteiger partial charge is 0.253 e. The van der Waals surface area contributed by atoms with E-state index in [4.69, 9.17) is 10.5 Å². The summed E-state index contributed by atoms with van der Waals surface area (Å²) in [7, 11) is 3.49. The van der Waals surface area contributed by atoms with E-state index in [0.29, 0.717) is 17.3 Å². The van der Waals surface area contributed by atoms with Crippen molar-refractivity contribution in [2.75, 3.05) is 31.8 Å². The summed E-state index contributed by atoms with van der Waals surface area (Å²) < 4.78 is 5.72. The minimum Gasteiger partial charge on any atom is -0.397 e. The molecule has 1 amide bonds. The van der Waals surface area contributed by atoms with Crippen molar-refractivity contribution in [2.45, 2.75) is 38.3 Å². The Morgan fingerprint density at radius 3 is 2.76 bits per heavy atom. The highest BCUT2D eigenvalue weighted by molar-refractivity contribution is 5.95. The molecule has 0 aromatic heterocycles. The largest absolute Gasteiger partial charge is 0.397 e. The molecule has 2 rings (SSSR count). The summed E-state index contributed by atoms with van der Waals surface area (Å²) in [5.41, 5.74) is 8.04. The maximum Gasteiger partial charge on any atom is 0.253 e. The normalized spacial score (nSPS) is 20.9. The fraction of sp³-hybridized carbons (Fsp3) is 0.562. The number of ether oxygens (including phenoxy) is 1. The van der Waals surface area contributed by atoms with Crippen molar-refractivity contribution in [2.24, 2.45) is 0 Å². The van der Waals surface area contributed by atoms with E-state index in [1.165, 1.54) is 0 Å². The summed E-state index contributed by atoms with van der Waals surface area (Å²) in [5.74, 6) is -0.0228. The van der Waals surface area contributed by atoms with Crippen LogP contribution in [0.3, 0.4) is 0 Å². The van der Waals surface area contributed by atoms with Crippen molar-refractivity contribution in [1.82, 2.24) is 4.90 Å². The van der Waals surface area contributed by atoms with Gasteiger partial charge in [0.1, 0.15) is 0 Å². The Kier molecular flexibility index (Phi) is 4.42. The molecule has 1 aliphatic rings. The Hall–Kier alpha value is -1.75. The quantitative estimate of drug-likeness (QED) is 0.839. The van der Waals surface area contributed by atoms with Crippen LogP contribution in [0.5, 0.6) is 0 Å². The van der Waals surface area contributed by atoms with Crippen LogP contribution in [-0.2, 0) is 4.74 Å². The third-order valence-electron chi connectivity index (χ3n) is 3.76. The van der Waals surface area contributed by atoms with Gasteiger partial charge in [0.15, 0.2) is 0 Å². The predicted octanol–water partition coefficient (Wildman–Crippen LogP) is 2.34. The summed E-state index contributed by atoms with van der Waals surface area (Å²) in [6.07, 6.45) is 1.85. The SMILES string of the molecule is CN(C)C(=O)c1ccc(N)c(NC2CCOC(C)(C)C2)c1. The zero-order chi connectivity index (χ0) is 15.6. The van der Waals surface area contributed by atoms with Crippen LogP contribution in [0.2, 0.25) is 0 Å². The number of hydrogen-bond donors (Lipinski definition) is 2.